The molecule has 1 nitrogen and oxygen atoms in total. The van der Waals surface area contributed by atoms with Crippen molar-refractivity contribution in [2.24, 2.45) is 5.92 Å². The molecule has 0 aliphatic heterocycles. The highest BCUT2D eigenvalue weighted by atomic mass is 79.9. The number of rotatable bonds is 5. The zero-order valence-electron chi connectivity index (χ0n) is 9.47. The highest BCUT2D eigenvalue weighted by Crippen LogP contribution is 2.37. The third-order valence-electron chi connectivity index (χ3n) is 3.24. The lowest BCUT2D eigenvalue weighted by Gasteiger charge is -2.18. The molecule has 1 aliphatic carbocycles. The lowest BCUT2D eigenvalue weighted by Crippen LogP contribution is -2.17. The summed E-state index contributed by atoms with van der Waals surface area (Å²) >= 11 is 9.74. The van der Waals surface area contributed by atoms with Crippen molar-refractivity contribution in [3.05, 3.63) is 33.3 Å². The molecule has 3 heteroatoms. The van der Waals surface area contributed by atoms with Crippen molar-refractivity contribution in [3.8, 4) is 0 Å². The third-order valence-corrected chi connectivity index (χ3v) is 4.08. The van der Waals surface area contributed by atoms with E-state index < -0.39 is 0 Å². The van der Waals surface area contributed by atoms with Gasteiger partial charge in [0, 0.05) is 15.5 Å². The molecule has 88 valence electrons. The van der Waals surface area contributed by atoms with E-state index >= 15 is 0 Å². The molecule has 1 saturated carbocycles. The number of hydrogen-bond acceptors (Lipinski definition) is 1. The van der Waals surface area contributed by atoms with Gasteiger partial charge in [-0.05, 0) is 49.6 Å². The van der Waals surface area contributed by atoms with E-state index in [4.69, 9.17) is 11.6 Å². The van der Waals surface area contributed by atoms with E-state index in [1.165, 1.54) is 31.2 Å². The maximum atomic E-state index is 6.24. The van der Waals surface area contributed by atoms with E-state index in [1.807, 2.05) is 19.2 Å². The van der Waals surface area contributed by atoms with Gasteiger partial charge >= 0.3 is 0 Å². The molecule has 16 heavy (non-hydrogen) atoms. The first-order valence-electron chi connectivity index (χ1n) is 5.83. The molecule has 1 aromatic carbocycles. The van der Waals surface area contributed by atoms with Gasteiger partial charge in [0.25, 0.3) is 0 Å². The van der Waals surface area contributed by atoms with Crippen LogP contribution in [0.2, 0.25) is 5.02 Å². The summed E-state index contributed by atoms with van der Waals surface area (Å²) in [6.07, 6.45) is 5.33. The normalized spacial score (nSPS) is 17.4. The van der Waals surface area contributed by atoms with Crippen LogP contribution in [0.3, 0.4) is 0 Å². The highest BCUT2D eigenvalue weighted by molar-refractivity contribution is 9.10. The van der Waals surface area contributed by atoms with Crippen molar-refractivity contribution in [1.82, 2.24) is 5.32 Å². The second-order valence-electron chi connectivity index (χ2n) is 4.53. The minimum absolute atomic E-state index is 0.380. The molecule has 0 heterocycles. The van der Waals surface area contributed by atoms with Crippen molar-refractivity contribution in [2.45, 2.75) is 31.7 Å². The summed E-state index contributed by atoms with van der Waals surface area (Å²) in [7, 11) is 2.01. The molecule has 1 aromatic rings. The summed E-state index contributed by atoms with van der Waals surface area (Å²) in [6.45, 7) is 0. The summed E-state index contributed by atoms with van der Waals surface area (Å²) in [5, 5.41) is 4.22. The van der Waals surface area contributed by atoms with E-state index in [9.17, 15) is 0 Å². The molecule has 1 N–H and O–H groups in total. The topological polar surface area (TPSA) is 12.0 Å². The van der Waals surface area contributed by atoms with Crippen LogP contribution < -0.4 is 5.32 Å². The molecule has 1 fully saturated rings. The molecule has 0 radical (unpaired) electrons. The summed E-state index contributed by atoms with van der Waals surface area (Å²) in [6, 6.07) is 6.45. The van der Waals surface area contributed by atoms with Crippen LogP contribution >= 0.6 is 27.5 Å². The van der Waals surface area contributed by atoms with Gasteiger partial charge in [-0.2, -0.15) is 0 Å². The van der Waals surface area contributed by atoms with E-state index in [1.54, 1.807) is 0 Å². The van der Waals surface area contributed by atoms with Gasteiger partial charge in [0.1, 0.15) is 0 Å². The molecule has 0 aromatic heterocycles. The summed E-state index contributed by atoms with van der Waals surface area (Å²) in [4.78, 5) is 0. The maximum absolute atomic E-state index is 6.24. The predicted molar refractivity (Wildman–Crippen MR) is 72.9 cm³/mol. The Morgan fingerprint density at radius 2 is 2.25 bits per heavy atom. The van der Waals surface area contributed by atoms with Crippen LogP contribution in [-0.4, -0.2) is 7.05 Å². The van der Waals surface area contributed by atoms with Crippen LogP contribution in [0.1, 0.15) is 37.3 Å². The molecule has 1 atom stereocenters. The van der Waals surface area contributed by atoms with Crippen LogP contribution in [0.15, 0.2) is 22.7 Å². The standard InChI is InChI=1S/C13H17BrClN/c1-16-13(7-4-9-2-3-9)11-8-10(14)5-6-12(11)15/h5-6,8-9,13,16H,2-4,7H2,1H3. The van der Waals surface area contributed by atoms with Crippen LogP contribution in [0, 0.1) is 5.92 Å². The maximum Gasteiger partial charge on any atom is 0.0454 e. The Bertz CT molecular complexity index is 363. The minimum Gasteiger partial charge on any atom is -0.313 e. The molecule has 1 unspecified atom stereocenters. The van der Waals surface area contributed by atoms with Gasteiger partial charge < -0.3 is 5.32 Å². The van der Waals surface area contributed by atoms with Gasteiger partial charge in [-0.3, -0.25) is 0 Å². The first-order valence-corrected chi connectivity index (χ1v) is 7.00. The lowest BCUT2D eigenvalue weighted by atomic mass is 10.0. The van der Waals surface area contributed by atoms with E-state index in [-0.39, 0.29) is 0 Å². The average molecular weight is 303 g/mol. The Balaban J connectivity index is 2.07. The van der Waals surface area contributed by atoms with Gasteiger partial charge in [0.05, 0.1) is 0 Å². The zero-order chi connectivity index (χ0) is 11.5. The Morgan fingerprint density at radius 1 is 1.50 bits per heavy atom. The molecule has 0 amide bonds. The molecule has 0 bridgehead atoms. The van der Waals surface area contributed by atoms with Crippen LogP contribution in [0.25, 0.3) is 0 Å². The third kappa shape index (κ3) is 3.22. The van der Waals surface area contributed by atoms with Crippen molar-refractivity contribution >= 4 is 27.5 Å². The molecular weight excluding hydrogens is 286 g/mol. The number of halogens is 2. The first-order chi connectivity index (χ1) is 7.70. The summed E-state index contributed by atoms with van der Waals surface area (Å²) in [5.41, 5.74) is 1.21. The largest absolute Gasteiger partial charge is 0.313 e. The molecule has 0 spiro atoms. The fourth-order valence-electron chi connectivity index (χ4n) is 2.05. The second-order valence-corrected chi connectivity index (χ2v) is 5.85. The first kappa shape index (κ1) is 12.4. The lowest BCUT2D eigenvalue weighted by molar-refractivity contribution is 0.506. The minimum atomic E-state index is 0.380. The quantitative estimate of drug-likeness (QED) is 0.841. The van der Waals surface area contributed by atoms with Gasteiger partial charge in [0.15, 0.2) is 0 Å². The van der Waals surface area contributed by atoms with Crippen molar-refractivity contribution in [3.63, 3.8) is 0 Å². The fraction of sp³-hybridized carbons (Fsp3) is 0.538. The summed E-state index contributed by atoms with van der Waals surface area (Å²) in [5.74, 6) is 0.974. The second kappa shape index (κ2) is 5.52. The van der Waals surface area contributed by atoms with Gasteiger partial charge in [0.2, 0.25) is 0 Å². The fourth-order valence-corrected chi connectivity index (χ4v) is 2.67. The molecule has 0 saturated heterocycles. The molecule has 1 aliphatic rings. The predicted octanol–water partition coefficient (Wildman–Crippen LogP) is 4.55. The van der Waals surface area contributed by atoms with E-state index in [0.29, 0.717) is 6.04 Å². The zero-order valence-corrected chi connectivity index (χ0v) is 11.8. The SMILES string of the molecule is CNC(CCC1CC1)c1cc(Br)ccc1Cl. The van der Waals surface area contributed by atoms with Crippen molar-refractivity contribution < 1.29 is 0 Å². The van der Waals surface area contributed by atoms with E-state index in [2.05, 4.69) is 27.3 Å². The summed E-state index contributed by atoms with van der Waals surface area (Å²) < 4.78 is 1.10. The Kier molecular flexibility index (Phi) is 4.28. The Labute approximate surface area is 111 Å². The van der Waals surface area contributed by atoms with Crippen molar-refractivity contribution in [1.29, 1.82) is 0 Å². The van der Waals surface area contributed by atoms with Gasteiger partial charge in [-0.15, -0.1) is 0 Å². The number of hydrogen-bond donors (Lipinski definition) is 1. The van der Waals surface area contributed by atoms with Crippen LogP contribution in [0.5, 0.6) is 0 Å². The molecule has 2 rings (SSSR count). The number of benzene rings is 1. The van der Waals surface area contributed by atoms with E-state index in [0.717, 1.165) is 15.4 Å². The van der Waals surface area contributed by atoms with Crippen molar-refractivity contribution in [2.75, 3.05) is 7.05 Å². The van der Waals surface area contributed by atoms with Crippen LogP contribution in [0.4, 0.5) is 0 Å². The Hall–Kier alpha value is -0.0500. The molecular formula is C13H17BrClN. The smallest absolute Gasteiger partial charge is 0.0454 e. The average Bonchev–Trinajstić information content (AvgIpc) is 3.07. The number of nitrogens with one attached hydrogen (secondary N) is 1. The monoisotopic (exact) mass is 301 g/mol. The van der Waals surface area contributed by atoms with Gasteiger partial charge in [-0.25, -0.2) is 0 Å². The highest BCUT2D eigenvalue weighted by Gasteiger charge is 2.23. The van der Waals surface area contributed by atoms with Crippen LogP contribution in [-0.2, 0) is 0 Å². The Morgan fingerprint density at radius 3 is 2.88 bits per heavy atom. The van der Waals surface area contributed by atoms with Gasteiger partial charge in [-0.1, -0.05) is 40.4 Å².